The van der Waals surface area contributed by atoms with Crippen LogP contribution in [-0.4, -0.2) is 19.8 Å². The number of sulfone groups is 1. The highest BCUT2D eigenvalue weighted by atomic mass is 32.2. The van der Waals surface area contributed by atoms with E-state index in [2.05, 4.69) is 0 Å². The quantitative estimate of drug-likeness (QED) is 0.917. The summed E-state index contributed by atoms with van der Waals surface area (Å²) in [6.07, 6.45) is 6.29. The van der Waals surface area contributed by atoms with Gasteiger partial charge in [0.2, 0.25) is 0 Å². The Morgan fingerprint density at radius 2 is 1.89 bits per heavy atom. The van der Waals surface area contributed by atoms with Gasteiger partial charge in [-0.2, -0.15) is 0 Å². The standard InChI is InChI=1S/C14H20O3S/c1-18(16,17)13-9-5-8-12(10-13)14(15)11-6-3-2-4-7-11/h5,8-11,14-15H,2-4,6-7H2,1H3. The first kappa shape index (κ1) is 13.6. The maximum Gasteiger partial charge on any atom is 0.175 e. The minimum atomic E-state index is -3.20. The van der Waals surface area contributed by atoms with E-state index < -0.39 is 15.9 Å². The van der Waals surface area contributed by atoms with E-state index in [0.717, 1.165) is 31.2 Å². The van der Waals surface area contributed by atoms with Gasteiger partial charge in [-0.15, -0.1) is 0 Å². The number of aliphatic hydroxyl groups excluding tert-OH is 1. The molecule has 0 heterocycles. The predicted octanol–water partition coefficient (Wildman–Crippen LogP) is 2.70. The van der Waals surface area contributed by atoms with Gasteiger partial charge in [0, 0.05) is 6.26 Å². The topological polar surface area (TPSA) is 54.4 Å². The SMILES string of the molecule is CS(=O)(=O)c1cccc(C(O)C2CCCCC2)c1. The highest BCUT2D eigenvalue weighted by Gasteiger charge is 2.23. The Bertz CT molecular complexity index is 502. The lowest BCUT2D eigenvalue weighted by atomic mass is 9.83. The van der Waals surface area contributed by atoms with E-state index in [-0.39, 0.29) is 10.8 Å². The molecule has 4 heteroatoms. The van der Waals surface area contributed by atoms with Crippen molar-refractivity contribution >= 4 is 9.84 Å². The third-order valence-corrected chi connectivity index (χ3v) is 4.83. The Hall–Kier alpha value is -0.870. The predicted molar refractivity (Wildman–Crippen MR) is 71.1 cm³/mol. The van der Waals surface area contributed by atoms with Crippen LogP contribution in [0.4, 0.5) is 0 Å². The van der Waals surface area contributed by atoms with E-state index in [9.17, 15) is 13.5 Å². The van der Waals surface area contributed by atoms with Crippen LogP contribution in [-0.2, 0) is 9.84 Å². The molecule has 1 saturated carbocycles. The molecule has 1 aliphatic carbocycles. The van der Waals surface area contributed by atoms with E-state index in [1.54, 1.807) is 18.2 Å². The van der Waals surface area contributed by atoms with Gasteiger partial charge in [-0.3, -0.25) is 0 Å². The zero-order chi connectivity index (χ0) is 13.2. The van der Waals surface area contributed by atoms with Crippen LogP contribution < -0.4 is 0 Å². The minimum absolute atomic E-state index is 0.272. The highest BCUT2D eigenvalue weighted by Crippen LogP contribution is 2.34. The van der Waals surface area contributed by atoms with E-state index in [0.29, 0.717) is 0 Å². The van der Waals surface area contributed by atoms with E-state index in [1.807, 2.05) is 6.07 Å². The summed E-state index contributed by atoms with van der Waals surface area (Å²) < 4.78 is 23.0. The van der Waals surface area contributed by atoms with Crippen molar-refractivity contribution in [3.63, 3.8) is 0 Å². The van der Waals surface area contributed by atoms with Crippen LogP contribution in [0.2, 0.25) is 0 Å². The second-order valence-electron chi connectivity index (χ2n) is 5.19. The van der Waals surface area contributed by atoms with Gasteiger partial charge in [0.1, 0.15) is 0 Å². The largest absolute Gasteiger partial charge is 0.388 e. The van der Waals surface area contributed by atoms with E-state index >= 15 is 0 Å². The maximum absolute atomic E-state index is 11.5. The van der Waals surface area contributed by atoms with Gasteiger partial charge >= 0.3 is 0 Å². The summed E-state index contributed by atoms with van der Waals surface area (Å²) in [5.74, 6) is 0.272. The molecule has 0 aromatic heterocycles. The molecule has 0 amide bonds. The van der Waals surface area contributed by atoms with Crippen molar-refractivity contribution in [2.24, 2.45) is 5.92 Å². The third-order valence-electron chi connectivity index (χ3n) is 3.72. The van der Waals surface area contributed by atoms with Crippen LogP contribution in [0.1, 0.15) is 43.8 Å². The fourth-order valence-corrected chi connectivity index (χ4v) is 3.33. The van der Waals surface area contributed by atoms with Crippen molar-refractivity contribution in [1.82, 2.24) is 0 Å². The number of aliphatic hydroxyl groups is 1. The van der Waals surface area contributed by atoms with Crippen molar-refractivity contribution in [3.8, 4) is 0 Å². The molecule has 0 aliphatic heterocycles. The van der Waals surface area contributed by atoms with Crippen LogP contribution in [0.3, 0.4) is 0 Å². The number of rotatable bonds is 3. The van der Waals surface area contributed by atoms with Crippen molar-refractivity contribution in [3.05, 3.63) is 29.8 Å². The number of benzene rings is 1. The van der Waals surface area contributed by atoms with E-state index in [4.69, 9.17) is 0 Å². The lowest BCUT2D eigenvalue weighted by molar-refractivity contribution is 0.0847. The molecule has 1 aromatic carbocycles. The summed E-state index contributed by atoms with van der Waals surface area (Å²) in [5.41, 5.74) is 0.727. The lowest BCUT2D eigenvalue weighted by Gasteiger charge is -2.27. The van der Waals surface area contributed by atoms with Gasteiger partial charge < -0.3 is 5.11 Å². The summed E-state index contributed by atoms with van der Waals surface area (Å²) in [7, 11) is -3.20. The molecule has 1 aliphatic rings. The number of hydrogen-bond donors (Lipinski definition) is 1. The molecule has 1 aromatic rings. The van der Waals surface area contributed by atoms with Crippen LogP contribution in [0, 0.1) is 5.92 Å². The number of hydrogen-bond acceptors (Lipinski definition) is 3. The lowest BCUT2D eigenvalue weighted by Crippen LogP contribution is -2.16. The molecule has 2 rings (SSSR count). The van der Waals surface area contributed by atoms with Crippen molar-refractivity contribution in [2.75, 3.05) is 6.26 Å². The van der Waals surface area contributed by atoms with Crippen molar-refractivity contribution in [2.45, 2.75) is 43.1 Å². The van der Waals surface area contributed by atoms with Crippen LogP contribution in [0.25, 0.3) is 0 Å². The average molecular weight is 268 g/mol. The average Bonchev–Trinajstić information content (AvgIpc) is 2.38. The molecule has 0 radical (unpaired) electrons. The summed E-state index contributed by atoms with van der Waals surface area (Å²) >= 11 is 0. The van der Waals surface area contributed by atoms with Gasteiger partial charge in [-0.05, 0) is 36.5 Å². The Morgan fingerprint density at radius 1 is 1.22 bits per heavy atom. The first-order valence-corrected chi connectivity index (χ1v) is 8.36. The summed E-state index contributed by atoms with van der Waals surface area (Å²) in [6, 6.07) is 6.70. The molecule has 0 saturated heterocycles. The second kappa shape index (κ2) is 5.41. The fourth-order valence-electron chi connectivity index (χ4n) is 2.65. The molecular formula is C14H20O3S. The fraction of sp³-hybridized carbons (Fsp3) is 0.571. The second-order valence-corrected chi connectivity index (χ2v) is 7.20. The van der Waals surface area contributed by atoms with Crippen LogP contribution in [0.5, 0.6) is 0 Å². The first-order chi connectivity index (χ1) is 8.48. The van der Waals surface area contributed by atoms with Gasteiger partial charge in [0.05, 0.1) is 11.0 Å². The van der Waals surface area contributed by atoms with Crippen molar-refractivity contribution in [1.29, 1.82) is 0 Å². The summed E-state index contributed by atoms with van der Waals surface area (Å²) in [4.78, 5) is 0.287. The zero-order valence-corrected chi connectivity index (χ0v) is 11.5. The Kier molecular flexibility index (Phi) is 4.07. The monoisotopic (exact) mass is 268 g/mol. The summed E-state index contributed by atoms with van der Waals surface area (Å²) in [6.45, 7) is 0. The maximum atomic E-state index is 11.5. The Balaban J connectivity index is 2.22. The third kappa shape index (κ3) is 3.12. The Labute approximate surface area is 109 Å². The van der Waals surface area contributed by atoms with Crippen LogP contribution in [0.15, 0.2) is 29.2 Å². The zero-order valence-electron chi connectivity index (χ0n) is 10.7. The van der Waals surface area contributed by atoms with Gasteiger partial charge in [0.25, 0.3) is 0 Å². The first-order valence-electron chi connectivity index (χ1n) is 6.46. The highest BCUT2D eigenvalue weighted by molar-refractivity contribution is 7.90. The Morgan fingerprint density at radius 3 is 2.50 bits per heavy atom. The smallest absolute Gasteiger partial charge is 0.175 e. The molecule has 1 atom stereocenters. The molecule has 100 valence electrons. The molecule has 1 unspecified atom stereocenters. The van der Waals surface area contributed by atoms with Gasteiger partial charge in [-0.1, -0.05) is 31.4 Å². The van der Waals surface area contributed by atoms with Gasteiger partial charge in [0.15, 0.2) is 9.84 Å². The normalized spacial score (nSPS) is 19.7. The van der Waals surface area contributed by atoms with Gasteiger partial charge in [-0.25, -0.2) is 8.42 Å². The van der Waals surface area contributed by atoms with Crippen LogP contribution >= 0.6 is 0 Å². The van der Waals surface area contributed by atoms with E-state index in [1.165, 1.54) is 12.7 Å². The molecular weight excluding hydrogens is 248 g/mol. The summed E-state index contributed by atoms with van der Waals surface area (Å²) in [5, 5.41) is 10.3. The molecule has 18 heavy (non-hydrogen) atoms. The van der Waals surface area contributed by atoms with Crippen molar-refractivity contribution < 1.29 is 13.5 Å². The molecule has 3 nitrogen and oxygen atoms in total. The molecule has 1 N–H and O–H groups in total. The minimum Gasteiger partial charge on any atom is -0.388 e. The molecule has 0 spiro atoms. The molecule has 1 fully saturated rings. The molecule has 0 bridgehead atoms.